The molecule has 0 amide bonds. The van der Waals surface area contributed by atoms with Gasteiger partial charge in [-0.05, 0) is 18.8 Å². The second-order valence-corrected chi connectivity index (χ2v) is 5.13. The van der Waals surface area contributed by atoms with E-state index in [4.69, 9.17) is 10.8 Å². The number of carbonyl (C=O) groups is 2. The van der Waals surface area contributed by atoms with Crippen molar-refractivity contribution in [1.29, 1.82) is 0 Å². The summed E-state index contributed by atoms with van der Waals surface area (Å²) in [5.74, 6) is -2.54. The predicted octanol–water partition coefficient (Wildman–Crippen LogP) is 0.679. The van der Waals surface area contributed by atoms with Gasteiger partial charge >= 0.3 is 11.9 Å². The monoisotopic (exact) mass is 227 g/mol. The molecule has 0 bridgehead atoms. The molecule has 0 heterocycles. The van der Waals surface area contributed by atoms with E-state index in [0.717, 1.165) is 19.3 Å². The van der Waals surface area contributed by atoms with Crippen LogP contribution < -0.4 is 5.73 Å². The van der Waals surface area contributed by atoms with E-state index in [1.54, 1.807) is 0 Å². The summed E-state index contributed by atoms with van der Waals surface area (Å²) in [6.07, 6.45) is 4.02. The maximum absolute atomic E-state index is 11.2. The molecule has 0 saturated heterocycles. The van der Waals surface area contributed by atoms with Crippen molar-refractivity contribution in [1.82, 2.24) is 0 Å². The molecule has 0 radical (unpaired) electrons. The van der Waals surface area contributed by atoms with Gasteiger partial charge in [0.1, 0.15) is 5.54 Å². The van der Waals surface area contributed by atoms with Crippen LogP contribution in [-0.2, 0) is 9.59 Å². The van der Waals surface area contributed by atoms with Crippen molar-refractivity contribution in [3.05, 3.63) is 0 Å². The van der Waals surface area contributed by atoms with Gasteiger partial charge in [-0.1, -0.05) is 19.3 Å². The smallest absolute Gasteiger partial charge is 0.324 e. The molecule has 5 nitrogen and oxygen atoms in total. The summed E-state index contributed by atoms with van der Waals surface area (Å²) >= 11 is 0. The number of hydrogen-bond donors (Lipinski definition) is 3. The second kappa shape index (κ2) is 3.73. The molecule has 0 aromatic carbocycles. The van der Waals surface area contributed by atoms with Gasteiger partial charge in [-0.25, -0.2) is 0 Å². The molecule has 2 saturated carbocycles. The maximum Gasteiger partial charge on any atom is 0.324 e. The van der Waals surface area contributed by atoms with Crippen LogP contribution in [0, 0.1) is 17.8 Å². The van der Waals surface area contributed by atoms with Crippen LogP contribution in [0.5, 0.6) is 0 Å². The van der Waals surface area contributed by atoms with Crippen LogP contribution in [-0.4, -0.2) is 27.7 Å². The first-order valence-corrected chi connectivity index (χ1v) is 5.70. The van der Waals surface area contributed by atoms with E-state index in [1.807, 2.05) is 0 Å². The van der Waals surface area contributed by atoms with E-state index in [-0.39, 0.29) is 5.92 Å². The molecule has 90 valence electrons. The molecule has 5 heteroatoms. The van der Waals surface area contributed by atoms with Gasteiger partial charge in [-0.3, -0.25) is 9.59 Å². The molecule has 3 atom stereocenters. The first-order chi connectivity index (χ1) is 7.45. The van der Waals surface area contributed by atoms with Crippen LogP contribution in [0.25, 0.3) is 0 Å². The van der Waals surface area contributed by atoms with E-state index in [2.05, 4.69) is 0 Å². The minimum atomic E-state index is -1.33. The minimum absolute atomic E-state index is 0.371. The topological polar surface area (TPSA) is 101 Å². The van der Waals surface area contributed by atoms with Crippen molar-refractivity contribution in [2.45, 2.75) is 37.6 Å². The van der Waals surface area contributed by atoms with Gasteiger partial charge in [-0.2, -0.15) is 0 Å². The number of hydrogen-bond acceptors (Lipinski definition) is 3. The Morgan fingerprint density at radius 3 is 2.25 bits per heavy atom. The molecule has 1 unspecified atom stereocenters. The van der Waals surface area contributed by atoms with Gasteiger partial charge in [-0.15, -0.1) is 0 Å². The summed E-state index contributed by atoms with van der Waals surface area (Å²) in [6, 6.07) is 0. The van der Waals surface area contributed by atoms with Crippen molar-refractivity contribution in [3.63, 3.8) is 0 Å². The summed E-state index contributed by atoms with van der Waals surface area (Å²) in [4.78, 5) is 22.0. The van der Waals surface area contributed by atoms with E-state index in [9.17, 15) is 14.7 Å². The second-order valence-electron chi connectivity index (χ2n) is 5.13. The van der Waals surface area contributed by atoms with Crippen LogP contribution in [0.15, 0.2) is 0 Å². The van der Waals surface area contributed by atoms with Crippen LogP contribution in [0.3, 0.4) is 0 Å². The van der Waals surface area contributed by atoms with Gasteiger partial charge in [0.05, 0.1) is 5.92 Å². The summed E-state index contributed by atoms with van der Waals surface area (Å²) in [6.45, 7) is 0. The van der Waals surface area contributed by atoms with Gasteiger partial charge in [0, 0.05) is 5.92 Å². The number of carboxylic acids is 2. The maximum atomic E-state index is 11.2. The Hall–Kier alpha value is -1.10. The standard InChI is InChI=1S/C11H17NO4/c12-11(10(15)16,5-6-2-1-3-6)8-4-7(8)9(13)14/h6-8H,1-5,12H2,(H,13,14)(H,15,16)/t7-,8-,11?/m0/s1. The number of rotatable bonds is 5. The lowest BCUT2D eigenvalue weighted by atomic mass is 9.74. The highest BCUT2D eigenvalue weighted by atomic mass is 16.4. The fraction of sp³-hybridized carbons (Fsp3) is 0.818. The van der Waals surface area contributed by atoms with Crippen molar-refractivity contribution < 1.29 is 19.8 Å². The lowest BCUT2D eigenvalue weighted by molar-refractivity contribution is -0.146. The Morgan fingerprint density at radius 1 is 1.31 bits per heavy atom. The zero-order valence-corrected chi connectivity index (χ0v) is 9.06. The van der Waals surface area contributed by atoms with Gasteiger partial charge < -0.3 is 15.9 Å². The Labute approximate surface area is 93.6 Å². The average molecular weight is 227 g/mol. The highest BCUT2D eigenvalue weighted by molar-refractivity contribution is 5.83. The summed E-state index contributed by atoms with van der Waals surface area (Å²) < 4.78 is 0. The first kappa shape index (κ1) is 11.4. The molecule has 0 aromatic heterocycles. The van der Waals surface area contributed by atoms with Crippen LogP contribution in [0.4, 0.5) is 0 Å². The van der Waals surface area contributed by atoms with Crippen molar-refractivity contribution in [2.75, 3.05) is 0 Å². The summed E-state index contributed by atoms with van der Waals surface area (Å²) in [5.41, 5.74) is 4.60. The third-order valence-electron chi connectivity index (χ3n) is 4.02. The third-order valence-corrected chi connectivity index (χ3v) is 4.02. The lowest BCUT2D eigenvalue weighted by Crippen LogP contribution is -2.52. The SMILES string of the molecule is NC(CC1CCC1)(C(=O)O)[C@H]1C[C@@H]1C(=O)O. The van der Waals surface area contributed by atoms with Crippen molar-refractivity contribution in [2.24, 2.45) is 23.5 Å². The van der Waals surface area contributed by atoms with E-state index >= 15 is 0 Å². The van der Waals surface area contributed by atoms with Crippen LogP contribution in [0.2, 0.25) is 0 Å². The average Bonchev–Trinajstić information content (AvgIpc) is 2.90. The molecule has 2 aliphatic rings. The van der Waals surface area contributed by atoms with Crippen LogP contribution >= 0.6 is 0 Å². The van der Waals surface area contributed by atoms with E-state index in [1.165, 1.54) is 0 Å². The molecular weight excluding hydrogens is 210 g/mol. The lowest BCUT2D eigenvalue weighted by Gasteiger charge is -2.34. The molecule has 4 N–H and O–H groups in total. The van der Waals surface area contributed by atoms with Gasteiger partial charge in [0.25, 0.3) is 0 Å². The Kier molecular flexibility index (Phi) is 2.66. The van der Waals surface area contributed by atoms with E-state index < -0.39 is 23.4 Å². The summed E-state index contributed by atoms with van der Waals surface area (Å²) in [5, 5.41) is 18.0. The summed E-state index contributed by atoms with van der Waals surface area (Å²) in [7, 11) is 0. The fourth-order valence-corrected chi connectivity index (χ4v) is 2.61. The first-order valence-electron chi connectivity index (χ1n) is 5.70. The number of carboxylic acid groups (broad SMARTS) is 2. The molecule has 2 aliphatic carbocycles. The predicted molar refractivity (Wildman–Crippen MR) is 55.7 cm³/mol. The molecule has 2 fully saturated rings. The fourth-order valence-electron chi connectivity index (χ4n) is 2.61. The zero-order chi connectivity index (χ0) is 11.9. The van der Waals surface area contributed by atoms with Crippen molar-refractivity contribution >= 4 is 11.9 Å². The quantitative estimate of drug-likeness (QED) is 0.641. The van der Waals surface area contributed by atoms with Crippen LogP contribution in [0.1, 0.15) is 32.1 Å². The molecule has 0 spiro atoms. The normalized spacial score (nSPS) is 32.6. The van der Waals surface area contributed by atoms with Crippen molar-refractivity contribution in [3.8, 4) is 0 Å². The Morgan fingerprint density at radius 2 is 1.94 bits per heavy atom. The van der Waals surface area contributed by atoms with E-state index in [0.29, 0.717) is 18.8 Å². The largest absolute Gasteiger partial charge is 0.481 e. The highest BCUT2D eigenvalue weighted by Crippen LogP contribution is 2.49. The highest BCUT2D eigenvalue weighted by Gasteiger charge is 2.58. The third kappa shape index (κ3) is 1.80. The molecule has 2 rings (SSSR count). The number of aliphatic carboxylic acids is 2. The van der Waals surface area contributed by atoms with Gasteiger partial charge in [0.2, 0.25) is 0 Å². The molecule has 0 aliphatic heterocycles. The molecular formula is C11H17NO4. The number of nitrogens with two attached hydrogens (primary N) is 1. The van der Waals surface area contributed by atoms with Gasteiger partial charge in [0.15, 0.2) is 0 Å². The zero-order valence-electron chi connectivity index (χ0n) is 9.06. The Bertz CT molecular complexity index is 326. The molecule has 16 heavy (non-hydrogen) atoms. The minimum Gasteiger partial charge on any atom is -0.481 e. The Balaban J connectivity index is 2.04. The molecule has 0 aromatic rings.